The van der Waals surface area contributed by atoms with Gasteiger partial charge in [0.1, 0.15) is 17.1 Å². The van der Waals surface area contributed by atoms with Crippen LogP contribution in [0.15, 0.2) is 69.9 Å². The van der Waals surface area contributed by atoms with Crippen molar-refractivity contribution < 1.29 is 31.9 Å². The van der Waals surface area contributed by atoms with Crippen LogP contribution in [-0.2, 0) is 11.0 Å². The molecule has 1 N–H and O–H groups in total. The van der Waals surface area contributed by atoms with Crippen LogP contribution >= 0.6 is 0 Å². The van der Waals surface area contributed by atoms with E-state index in [0.717, 1.165) is 22.8 Å². The number of carbonyl (C=O) groups is 1. The smallest absolute Gasteiger partial charge is 0.453 e. The molecule has 9 heteroatoms. The summed E-state index contributed by atoms with van der Waals surface area (Å²) >= 11 is 0. The summed E-state index contributed by atoms with van der Waals surface area (Å²) in [6.07, 6.45) is -4.99. The number of hydrogen-bond donors (Lipinski definition) is 1. The molecule has 4 aromatic rings. The van der Waals surface area contributed by atoms with E-state index in [1.54, 1.807) is 18.2 Å². The molecule has 36 heavy (non-hydrogen) atoms. The average molecular weight is 497 g/mol. The molecule has 0 saturated heterocycles. The van der Waals surface area contributed by atoms with Crippen molar-refractivity contribution in [3.05, 3.63) is 93.3 Å². The minimum atomic E-state index is -4.99. The second kappa shape index (κ2) is 9.77. The van der Waals surface area contributed by atoms with Crippen molar-refractivity contribution in [2.24, 2.45) is 0 Å². The predicted molar refractivity (Wildman–Crippen MR) is 129 cm³/mol. The van der Waals surface area contributed by atoms with Crippen molar-refractivity contribution >= 4 is 22.6 Å². The van der Waals surface area contributed by atoms with Crippen LogP contribution in [0.2, 0.25) is 0 Å². The van der Waals surface area contributed by atoms with Gasteiger partial charge in [0.2, 0.25) is 11.2 Å². The van der Waals surface area contributed by atoms with Gasteiger partial charge in [-0.3, -0.25) is 9.59 Å². The lowest BCUT2D eigenvalue weighted by molar-refractivity contribution is -0.154. The molecule has 1 heterocycles. The fourth-order valence-corrected chi connectivity index (χ4v) is 3.54. The first kappa shape index (κ1) is 24.8. The monoisotopic (exact) mass is 497 g/mol. The number of anilines is 1. The standard InChI is InChI=1S/C27H22F3NO5/c1-15-4-7-18(8-5-15)35-25-24(33)20-10-9-19(13-22(20)36-26(25)27(28,29)30)34-14-23(32)31-21-11-6-16(2)12-17(21)3/h4-13H,14H2,1-3H3,(H,31,32). The number of aryl methyl sites for hydroxylation is 3. The van der Waals surface area contributed by atoms with Gasteiger partial charge in [-0.1, -0.05) is 35.4 Å². The van der Waals surface area contributed by atoms with E-state index >= 15 is 0 Å². The summed E-state index contributed by atoms with van der Waals surface area (Å²) in [7, 11) is 0. The van der Waals surface area contributed by atoms with E-state index in [4.69, 9.17) is 13.9 Å². The first-order valence-electron chi connectivity index (χ1n) is 10.9. The highest BCUT2D eigenvalue weighted by Crippen LogP contribution is 2.38. The molecule has 0 saturated carbocycles. The van der Waals surface area contributed by atoms with E-state index in [2.05, 4.69) is 5.32 Å². The van der Waals surface area contributed by atoms with E-state index in [0.29, 0.717) is 5.69 Å². The van der Waals surface area contributed by atoms with Crippen LogP contribution in [0.25, 0.3) is 11.0 Å². The van der Waals surface area contributed by atoms with Gasteiger partial charge in [-0.2, -0.15) is 13.2 Å². The van der Waals surface area contributed by atoms with Crippen molar-refractivity contribution in [3.63, 3.8) is 0 Å². The van der Waals surface area contributed by atoms with Crippen LogP contribution in [0, 0.1) is 20.8 Å². The predicted octanol–water partition coefficient (Wildman–Crippen LogP) is 6.55. The van der Waals surface area contributed by atoms with Gasteiger partial charge in [-0.25, -0.2) is 0 Å². The molecule has 4 rings (SSSR count). The number of halogens is 3. The third kappa shape index (κ3) is 5.51. The molecule has 6 nitrogen and oxygen atoms in total. The Balaban J connectivity index is 1.59. The fourth-order valence-electron chi connectivity index (χ4n) is 3.54. The van der Waals surface area contributed by atoms with Gasteiger partial charge in [0.25, 0.3) is 11.7 Å². The zero-order valence-corrected chi connectivity index (χ0v) is 19.7. The van der Waals surface area contributed by atoms with Crippen molar-refractivity contribution in [3.8, 4) is 17.2 Å². The molecule has 0 atom stereocenters. The van der Waals surface area contributed by atoms with Crippen LogP contribution in [0.1, 0.15) is 22.5 Å². The molecule has 0 radical (unpaired) electrons. The number of carbonyl (C=O) groups excluding carboxylic acids is 1. The number of rotatable bonds is 6. The van der Waals surface area contributed by atoms with Gasteiger partial charge in [-0.15, -0.1) is 0 Å². The Labute approximate surface area is 204 Å². The van der Waals surface area contributed by atoms with Gasteiger partial charge in [0, 0.05) is 11.8 Å². The Kier molecular flexibility index (Phi) is 6.74. The van der Waals surface area contributed by atoms with E-state index in [9.17, 15) is 22.8 Å². The highest BCUT2D eigenvalue weighted by atomic mass is 19.4. The largest absolute Gasteiger partial charge is 0.484 e. The van der Waals surface area contributed by atoms with Gasteiger partial charge >= 0.3 is 6.18 Å². The van der Waals surface area contributed by atoms with E-state index in [-0.39, 0.29) is 22.5 Å². The highest BCUT2D eigenvalue weighted by Gasteiger charge is 2.40. The maximum Gasteiger partial charge on any atom is 0.453 e. The lowest BCUT2D eigenvalue weighted by Crippen LogP contribution is -2.20. The quantitative estimate of drug-likeness (QED) is 0.327. The van der Waals surface area contributed by atoms with Gasteiger partial charge in [0.05, 0.1) is 5.39 Å². The van der Waals surface area contributed by atoms with Crippen molar-refractivity contribution in [1.82, 2.24) is 0 Å². The maximum atomic E-state index is 13.7. The summed E-state index contributed by atoms with van der Waals surface area (Å²) in [5, 5.41) is 2.59. The number of nitrogens with one attached hydrogen (secondary N) is 1. The summed E-state index contributed by atoms with van der Waals surface area (Å²) < 4.78 is 57.0. The minimum absolute atomic E-state index is 0.0572. The Hall–Kier alpha value is -4.27. The molecule has 0 aliphatic rings. The van der Waals surface area contributed by atoms with Crippen LogP contribution in [0.3, 0.4) is 0 Å². The molecule has 0 aliphatic carbocycles. The molecule has 0 unspecified atom stereocenters. The Morgan fingerprint density at radius 1 is 0.917 bits per heavy atom. The summed E-state index contributed by atoms with van der Waals surface area (Å²) in [5.41, 5.74) is 2.08. The molecule has 1 amide bonds. The summed E-state index contributed by atoms with van der Waals surface area (Å²) in [4.78, 5) is 25.2. The minimum Gasteiger partial charge on any atom is -0.484 e. The van der Waals surface area contributed by atoms with E-state index < -0.39 is 35.6 Å². The van der Waals surface area contributed by atoms with Crippen LogP contribution in [-0.4, -0.2) is 12.5 Å². The third-order valence-electron chi connectivity index (χ3n) is 5.35. The second-order valence-electron chi connectivity index (χ2n) is 8.32. The molecule has 1 aromatic heterocycles. The molecular formula is C27H22F3NO5. The first-order valence-corrected chi connectivity index (χ1v) is 10.9. The van der Waals surface area contributed by atoms with Crippen molar-refractivity contribution in [1.29, 1.82) is 0 Å². The first-order chi connectivity index (χ1) is 17.0. The maximum absolute atomic E-state index is 13.7. The van der Waals surface area contributed by atoms with Gasteiger partial charge < -0.3 is 19.2 Å². The van der Waals surface area contributed by atoms with Crippen molar-refractivity contribution in [2.75, 3.05) is 11.9 Å². The fraction of sp³-hybridized carbons (Fsp3) is 0.185. The zero-order valence-electron chi connectivity index (χ0n) is 19.7. The topological polar surface area (TPSA) is 77.8 Å². The highest BCUT2D eigenvalue weighted by molar-refractivity contribution is 5.92. The van der Waals surface area contributed by atoms with E-state index in [1.165, 1.54) is 24.3 Å². The van der Waals surface area contributed by atoms with Gasteiger partial charge in [-0.05, 0) is 56.7 Å². The lowest BCUT2D eigenvalue weighted by atomic mass is 10.1. The molecule has 0 bridgehead atoms. The van der Waals surface area contributed by atoms with E-state index in [1.807, 2.05) is 32.9 Å². The molecule has 3 aromatic carbocycles. The zero-order chi connectivity index (χ0) is 26.0. The number of hydrogen-bond acceptors (Lipinski definition) is 5. The lowest BCUT2D eigenvalue weighted by Gasteiger charge is -2.14. The van der Waals surface area contributed by atoms with Crippen molar-refractivity contribution in [2.45, 2.75) is 26.9 Å². The number of ether oxygens (including phenoxy) is 2. The normalized spacial score (nSPS) is 11.4. The Morgan fingerprint density at radius 2 is 1.58 bits per heavy atom. The number of amides is 1. The molecular weight excluding hydrogens is 475 g/mol. The summed E-state index contributed by atoms with van der Waals surface area (Å²) in [5.74, 6) is -2.86. The summed E-state index contributed by atoms with van der Waals surface area (Å²) in [6.45, 7) is 5.19. The molecule has 0 fully saturated rings. The Bertz CT molecular complexity index is 1490. The second-order valence-corrected chi connectivity index (χ2v) is 8.32. The number of benzene rings is 3. The molecule has 186 valence electrons. The SMILES string of the molecule is Cc1ccc(Oc2c(C(F)(F)F)oc3cc(OCC(=O)Nc4ccc(C)cc4C)ccc3c2=O)cc1. The molecule has 0 aliphatic heterocycles. The third-order valence-corrected chi connectivity index (χ3v) is 5.35. The van der Waals surface area contributed by atoms with Crippen LogP contribution in [0.5, 0.6) is 17.2 Å². The van der Waals surface area contributed by atoms with Gasteiger partial charge in [0.15, 0.2) is 6.61 Å². The molecule has 0 spiro atoms. The van der Waals surface area contributed by atoms with Crippen LogP contribution < -0.4 is 20.2 Å². The van der Waals surface area contributed by atoms with Crippen LogP contribution in [0.4, 0.5) is 18.9 Å². The average Bonchev–Trinajstić information content (AvgIpc) is 2.81. The summed E-state index contributed by atoms with van der Waals surface area (Å²) in [6, 6.07) is 15.5. The number of fused-ring (bicyclic) bond motifs is 1. The number of alkyl halides is 3. The Morgan fingerprint density at radius 3 is 2.25 bits per heavy atom.